The SMILES string of the molecule is CCCN1CCN(c2cccc(O)c2)C(C)C1. The van der Waals surface area contributed by atoms with Crippen molar-refractivity contribution in [2.45, 2.75) is 26.3 Å². The van der Waals surface area contributed by atoms with Crippen molar-refractivity contribution in [2.24, 2.45) is 0 Å². The number of rotatable bonds is 3. The highest BCUT2D eigenvalue weighted by atomic mass is 16.3. The van der Waals surface area contributed by atoms with E-state index in [-0.39, 0.29) is 0 Å². The zero-order valence-electron chi connectivity index (χ0n) is 10.8. The van der Waals surface area contributed by atoms with Crippen LogP contribution in [0.5, 0.6) is 5.75 Å². The normalized spacial score (nSPS) is 21.8. The first kappa shape index (κ1) is 12.2. The lowest BCUT2D eigenvalue weighted by atomic mass is 10.1. The second-order valence-corrected chi connectivity index (χ2v) is 4.86. The molecule has 0 radical (unpaired) electrons. The molecule has 1 heterocycles. The Morgan fingerprint density at radius 2 is 2.18 bits per heavy atom. The van der Waals surface area contributed by atoms with Crippen molar-refractivity contribution < 1.29 is 5.11 Å². The van der Waals surface area contributed by atoms with Crippen molar-refractivity contribution in [3.63, 3.8) is 0 Å². The van der Waals surface area contributed by atoms with Gasteiger partial charge >= 0.3 is 0 Å². The summed E-state index contributed by atoms with van der Waals surface area (Å²) in [5, 5.41) is 9.53. The van der Waals surface area contributed by atoms with Crippen LogP contribution in [0, 0.1) is 0 Å². The number of hydrogen-bond acceptors (Lipinski definition) is 3. The number of phenolic OH excluding ortho intramolecular Hbond substituents is 1. The Morgan fingerprint density at radius 3 is 2.82 bits per heavy atom. The van der Waals surface area contributed by atoms with Crippen LogP contribution in [-0.4, -0.2) is 42.2 Å². The molecule has 1 N–H and O–H groups in total. The molecule has 1 saturated heterocycles. The van der Waals surface area contributed by atoms with Gasteiger partial charge in [-0.25, -0.2) is 0 Å². The van der Waals surface area contributed by atoms with Crippen LogP contribution in [0.4, 0.5) is 5.69 Å². The number of nitrogens with zero attached hydrogens (tertiary/aromatic N) is 2. The third kappa shape index (κ3) is 2.91. The Bertz CT molecular complexity index is 367. The number of piperazine rings is 1. The largest absolute Gasteiger partial charge is 0.508 e. The van der Waals surface area contributed by atoms with E-state index < -0.39 is 0 Å². The number of benzene rings is 1. The van der Waals surface area contributed by atoms with Crippen molar-refractivity contribution in [1.82, 2.24) is 4.90 Å². The summed E-state index contributed by atoms with van der Waals surface area (Å²) in [5.74, 6) is 0.352. The van der Waals surface area contributed by atoms with Crippen LogP contribution in [0.3, 0.4) is 0 Å². The van der Waals surface area contributed by atoms with Crippen LogP contribution >= 0.6 is 0 Å². The van der Waals surface area contributed by atoms with Crippen molar-refractivity contribution >= 4 is 5.69 Å². The third-order valence-corrected chi connectivity index (χ3v) is 3.41. The van der Waals surface area contributed by atoms with E-state index in [0.29, 0.717) is 11.8 Å². The van der Waals surface area contributed by atoms with E-state index in [2.05, 4.69) is 29.7 Å². The van der Waals surface area contributed by atoms with E-state index in [1.807, 2.05) is 12.1 Å². The molecule has 3 heteroatoms. The zero-order valence-corrected chi connectivity index (χ0v) is 10.8. The highest BCUT2D eigenvalue weighted by molar-refractivity contribution is 5.51. The summed E-state index contributed by atoms with van der Waals surface area (Å²) < 4.78 is 0. The second kappa shape index (κ2) is 5.41. The molecule has 1 atom stereocenters. The average Bonchev–Trinajstić information content (AvgIpc) is 2.29. The highest BCUT2D eigenvalue weighted by Gasteiger charge is 2.23. The Hall–Kier alpha value is -1.22. The molecule has 0 aromatic heterocycles. The lowest BCUT2D eigenvalue weighted by molar-refractivity contribution is 0.229. The highest BCUT2D eigenvalue weighted by Crippen LogP contribution is 2.24. The number of hydrogen-bond donors (Lipinski definition) is 1. The monoisotopic (exact) mass is 234 g/mol. The molecule has 1 aliphatic rings. The molecule has 94 valence electrons. The van der Waals surface area contributed by atoms with E-state index >= 15 is 0 Å². The maximum Gasteiger partial charge on any atom is 0.117 e. The number of anilines is 1. The molecule has 2 rings (SSSR count). The molecule has 1 aromatic rings. The quantitative estimate of drug-likeness (QED) is 0.869. The van der Waals surface area contributed by atoms with Crippen LogP contribution in [-0.2, 0) is 0 Å². The minimum absolute atomic E-state index is 0.352. The van der Waals surface area contributed by atoms with E-state index in [4.69, 9.17) is 0 Å². The lowest BCUT2D eigenvalue weighted by Crippen LogP contribution is -2.52. The Labute approximate surface area is 104 Å². The summed E-state index contributed by atoms with van der Waals surface area (Å²) in [6.45, 7) is 8.96. The zero-order chi connectivity index (χ0) is 12.3. The van der Waals surface area contributed by atoms with Gasteiger partial charge in [0.2, 0.25) is 0 Å². The summed E-state index contributed by atoms with van der Waals surface area (Å²) in [4.78, 5) is 4.90. The molecular formula is C14H22N2O. The molecule has 0 bridgehead atoms. The fourth-order valence-electron chi connectivity index (χ4n) is 2.61. The van der Waals surface area contributed by atoms with E-state index in [9.17, 15) is 5.11 Å². The predicted molar refractivity (Wildman–Crippen MR) is 71.6 cm³/mol. The topological polar surface area (TPSA) is 26.7 Å². The lowest BCUT2D eigenvalue weighted by Gasteiger charge is -2.41. The third-order valence-electron chi connectivity index (χ3n) is 3.41. The molecule has 0 spiro atoms. The summed E-state index contributed by atoms with van der Waals surface area (Å²) in [7, 11) is 0. The van der Waals surface area contributed by atoms with E-state index in [1.54, 1.807) is 6.07 Å². The maximum absolute atomic E-state index is 9.53. The molecule has 0 amide bonds. The van der Waals surface area contributed by atoms with Gasteiger partial charge in [-0.2, -0.15) is 0 Å². The van der Waals surface area contributed by atoms with Crippen molar-refractivity contribution in [2.75, 3.05) is 31.1 Å². The number of phenols is 1. The van der Waals surface area contributed by atoms with Crippen LogP contribution in [0.2, 0.25) is 0 Å². The summed E-state index contributed by atoms with van der Waals surface area (Å²) in [5.41, 5.74) is 1.13. The molecular weight excluding hydrogens is 212 g/mol. The molecule has 3 nitrogen and oxygen atoms in total. The van der Waals surface area contributed by atoms with Gasteiger partial charge in [0, 0.05) is 37.4 Å². The van der Waals surface area contributed by atoms with Gasteiger partial charge in [0.1, 0.15) is 5.75 Å². The fourth-order valence-corrected chi connectivity index (χ4v) is 2.61. The molecule has 1 unspecified atom stereocenters. The van der Waals surface area contributed by atoms with Crippen LogP contribution in [0.1, 0.15) is 20.3 Å². The first-order valence-electron chi connectivity index (χ1n) is 6.48. The Kier molecular flexibility index (Phi) is 3.89. The van der Waals surface area contributed by atoms with Gasteiger partial charge in [0.05, 0.1) is 0 Å². The van der Waals surface area contributed by atoms with Gasteiger partial charge in [-0.15, -0.1) is 0 Å². The summed E-state index contributed by atoms with van der Waals surface area (Å²) >= 11 is 0. The molecule has 0 saturated carbocycles. The first-order chi connectivity index (χ1) is 8.20. The average molecular weight is 234 g/mol. The summed E-state index contributed by atoms with van der Waals surface area (Å²) in [6, 6.07) is 8.08. The van der Waals surface area contributed by atoms with Gasteiger partial charge in [-0.1, -0.05) is 13.0 Å². The molecule has 17 heavy (non-hydrogen) atoms. The fraction of sp³-hybridized carbons (Fsp3) is 0.571. The minimum Gasteiger partial charge on any atom is -0.508 e. The van der Waals surface area contributed by atoms with Gasteiger partial charge in [0.25, 0.3) is 0 Å². The van der Waals surface area contributed by atoms with Gasteiger partial charge in [-0.3, -0.25) is 4.90 Å². The molecule has 1 aromatic carbocycles. The molecule has 1 aliphatic heterocycles. The van der Waals surface area contributed by atoms with E-state index in [0.717, 1.165) is 25.3 Å². The minimum atomic E-state index is 0.352. The van der Waals surface area contributed by atoms with Gasteiger partial charge in [-0.05, 0) is 32.0 Å². The Balaban J connectivity index is 2.04. The second-order valence-electron chi connectivity index (χ2n) is 4.86. The summed E-state index contributed by atoms with van der Waals surface area (Å²) in [6.07, 6.45) is 1.22. The predicted octanol–water partition coefficient (Wildman–Crippen LogP) is 2.31. The van der Waals surface area contributed by atoms with Crippen LogP contribution in [0.25, 0.3) is 0 Å². The van der Waals surface area contributed by atoms with Gasteiger partial charge in [0.15, 0.2) is 0 Å². The van der Waals surface area contributed by atoms with Gasteiger partial charge < -0.3 is 10.0 Å². The maximum atomic E-state index is 9.53. The Morgan fingerprint density at radius 1 is 1.35 bits per heavy atom. The first-order valence-corrected chi connectivity index (χ1v) is 6.48. The molecule has 1 fully saturated rings. The molecule has 0 aliphatic carbocycles. The van der Waals surface area contributed by atoms with Crippen molar-refractivity contribution in [3.05, 3.63) is 24.3 Å². The smallest absolute Gasteiger partial charge is 0.117 e. The number of aromatic hydroxyl groups is 1. The van der Waals surface area contributed by atoms with Crippen molar-refractivity contribution in [1.29, 1.82) is 0 Å². The van der Waals surface area contributed by atoms with Crippen LogP contribution < -0.4 is 4.90 Å². The van der Waals surface area contributed by atoms with E-state index in [1.165, 1.54) is 13.0 Å². The van der Waals surface area contributed by atoms with Crippen molar-refractivity contribution in [3.8, 4) is 5.75 Å². The van der Waals surface area contributed by atoms with Crippen LogP contribution in [0.15, 0.2) is 24.3 Å². The standard InChI is InChI=1S/C14H22N2O/c1-3-7-15-8-9-16(12(2)11-15)13-5-4-6-14(17)10-13/h4-6,10,12,17H,3,7-9,11H2,1-2H3.